The summed E-state index contributed by atoms with van der Waals surface area (Å²) in [4.78, 5) is 13.1. The molecule has 0 atom stereocenters. The third-order valence-electron chi connectivity index (χ3n) is 3.48. The lowest BCUT2D eigenvalue weighted by Gasteiger charge is -2.12. The van der Waals surface area contributed by atoms with Crippen LogP contribution in [0, 0.1) is 5.82 Å². The number of benzene rings is 1. The SMILES string of the molecule is CSc1nc2c(Nc3ccc(F)c(Cl)c3)ncnc2cc1OCCCO. The van der Waals surface area contributed by atoms with Crippen molar-refractivity contribution >= 4 is 45.9 Å². The number of pyridine rings is 1. The summed E-state index contributed by atoms with van der Waals surface area (Å²) in [6.45, 7) is 0.452. The zero-order valence-corrected chi connectivity index (χ0v) is 15.4. The molecule has 6 nitrogen and oxygen atoms in total. The molecular formula is C17H16ClFN4O2S. The Hall–Kier alpha value is -2.16. The smallest absolute Gasteiger partial charge is 0.160 e. The lowest BCUT2D eigenvalue weighted by molar-refractivity contribution is 0.230. The second-order valence-electron chi connectivity index (χ2n) is 5.27. The van der Waals surface area contributed by atoms with Gasteiger partial charge in [-0.25, -0.2) is 19.3 Å². The number of nitrogens with zero attached hydrogens (tertiary/aromatic N) is 3. The molecule has 3 rings (SSSR count). The molecule has 136 valence electrons. The summed E-state index contributed by atoms with van der Waals surface area (Å²) in [6, 6.07) is 6.11. The summed E-state index contributed by atoms with van der Waals surface area (Å²) >= 11 is 7.26. The van der Waals surface area contributed by atoms with E-state index in [1.165, 1.54) is 30.2 Å². The first-order chi connectivity index (χ1) is 12.6. The van der Waals surface area contributed by atoms with Gasteiger partial charge in [0.2, 0.25) is 0 Å². The predicted molar refractivity (Wildman–Crippen MR) is 101 cm³/mol. The number of fused-ring (bicyclic) bond motifs is 1. The molecule has 0 aliphatic carbocycles. The maximum absolute atomic E-state index is 13.3. The molecule has 9 heteroatoms. The van der Waals surface area contributed by atoms with Gasteiger partial charge in [-0.2, -0.15) is 0 Å². The molecule has 2 heterocycles. The molecule has 0 amide bonds. The van der Waals surface area contributed by atoms with Gasteiger partial charge in [0.05, 0.1) is 17.1 Å². The summed E-state index contributed by atoms with van der Waals surface area (Å²) in [5.41, 5.74) is 1.76. The van der Waals surface area contributed by atoms with Gasteiger partial charge in [0.25, 0.3) is 0 Å². The Labute approximate surface area is 158 Å². The van der Waals surface area contributed by atoms with Crippen LogP contribution in [-0.2, 0) is 0 Å². The van der Waals surface area contributed by atoms with Crippen molar-refractivity contribution in [2.75, 3.05) is 24.8 Å². The van der Waals surface area contributed by atoms with E-state index in [0.29, 0.717) is 46.3 Å². The number of hydrogen-bond acceptors (Lipinski definition) is 7. The summed E-state index contributed by atoms with van der Waals surface area (Å²) < 4.78 is 19.0. The highest BCUT2D eigenvalue weighted by atomic mass is 35.5. The number of thioether (sulfide) groups is 1. The van der Waals surface area contributed by atoms with Crippen LogP contribution in [0.5, 0.6) is 5.75 Å². The third kappa shape index (κ3) is 4.14. The fourth-order valence-electron chi connectivity index (χ4n) is 2.25. The quantitative estimate of drug-likeness (QED) is 0.462. The zero-order chi connectivity index (χ0) is 18.5. The van der Waals surface area contributed by atoms with Crippen LogP contribution < -0.4 is 10.1 Å². The van der Waals surface area contributed by atoms with Gasteiger partial charge in [0, 0.05) is 24.8 Å². The third-order valence-corrected chi connectivity index (χ3v) is 4.45. The number of aromatic nitrogens is 3. The maximum atomic E-state index is 13.3. The lowest BCUT2D eigenvalue weighted by Crippen LogP contribution is -2.03. The zero-order valence-electron chi connectivity index (χ0n) is 13.9. The van der Waals surface area contributed by atoms with Crippen LogP contribution in [0.1, 0.15) is 6.42 Å². The molecule has 2 aromatic heterocycles. The molecule has 0 saturated carbocycles. The predicted octanol–water partition coefficient (Wildman–Crippen LogP) is 4.04. The van der Waals surface area contributed by atoms with Crippen LogP contribution in [0.25, 0.3) is 11.0 Å². The first-order valence-electron chi connectivity index (χ1n) is 7.78. The van der Waals surface area contributed by atoms with E-state index in [0.717, 1.165) is 0 Å². The largest absolute Gasteiger partial charge is 0.491 e. The number of aliphatic hydroxyl groups is 1. The van der Waals surface area contributed by atoms with Gasteiger partial charge in [-0.05, 0) is 24.5 Å². The minimum Gasteiger partial charge on any atom is -0.491 e. The molecule has 0 fully saturated rings. The number of rotatable bonds is 7. The highest BCUT2D eigenvalue weighted by Gasteiger charge is 2.13. The second kappa shape index (κ2) is 8.48. The molecule has 0 aliphatic heterocycles. The number of hydrogen-bond donors (Lipinski definition) is 2. The molecule has 0 bridgehead atoms. The Balaban J connectivity index is 1.97. The van der Waals surface area contributed by atoms with Crippen LogP contribution in [-0.4, -0.2) is 39.5 Å². The van der Waals surface area contributed by atoms with Gasteiger partial charge < -0.3 is 15.2 Å². The fourth-order valence-corrected chi connectivity index (χ4v) is 2.93. The van der Waals surface area contributed by atoms with Crippen molar-refractivity contribution in [1.29, 1.82) is 0 Å². The number of aliphatic hydroxyl groups excluding tert-OH is 1. The van der Waals surface area contributed by atoms with Crippen LogP contribution in [0.4, 0.5) is 15.9 Å². The van der Waals surface area contributed by atoms with E-state index in [9.17, 15) is 4.39 Å². The van der Waals surface area contributed by atoms with Gasteiger partial charge >= 0.3 is 0 Å². The van der Waals surface area contributed by atoms with Crippen LogP contribution in [0.15, 0.2) is 35.6 Å². The van der Waals surface area contributed by atoms with Crippen LogP contribution in [0.3, 0.4) is 0 Å². The van der Waals surface area contributed by atoms with Crippen molar-refractivity contribution in [2.45, 2.75) is 11.4 Å². The van der Waals surface area contributed by atoms with Gasteiger partial charge in [-0.15, -0.1) is 11.8 Å². The molecule has 26 heavy (non-hydrogen) atoms. The topological polar surface area (TPSA) is 80.2 Å². The van der Waals surface area contributed by atoms with E-state index in [4.69, 9.17) is 21.4 Å². The van der Waals surface area contributed by atoms with Gasteiger partial charge in [0.15, 0.2) is 11.6 Å². The maximum Gasteiger partial charge on any atom is 0.160 e. The molecule has 1 aromatic carbocycles. The highest BCUT2D eigenvalue weighted by Crippen LogP contribution is 2.32. The molecule has 0 aliphatic rings. The Morgan fingerprint density at radius 1 is 1.31 bits per heavy atom. The van der Waals surface area contributed by atoms with Crippen LogP contribution in [0.2, 0.25) is 5.02 Å². The average molecular weight is 395 g/mol. The molecule has 2 N–H and O–H groups in total. The standard InChI is InChI=1S/C17H16ClFN4O2S/c1-26-17-14(25-6-2-5-24)8-13-15(23-17)16(21-9-20-13)22-10-3-4-12(19)11(18)7-10/h3-4,7-9,24H,2,5-6H2,1H3,(H,20,21,22). The normalized spacial score (nSPS) is 10.9. The van der Waals surface area contributed by atoms with E-state index in [2.05, 4.69) is 20.3 Å². The van der Waals surface area contributed by atoms with E-state index in [1.54, 1.807) is 12.1 Å². The van der Waals surface area contributed by atoms with Crippen molar-refractivity contribution in [3.8, 4) is 5.75 Å². The number of ether oxygens (including phenoxy) is 1. The van der Waals surface area contributed by atoms with E-state index in [1.807, 2.05) is 6.26 Å². The summed E-state index contributed by atoms with van der Waals surface area (Å²) in [5.74, 6) is 0.597. The van der Waals surface area contributed by atoms with Crippen molar-refractivity contribution in [1.82, 2.24) is 15.0 Å². The molecular weight excluding hydrogens is 379 g/mol. The van der Waals surface area contributed by atoms with Crippen molar-refractivity contribution in [2.24, 2.45) is 0 Å². The summed E-state index contributed by atoms with van der Waals surface area (Å²) in [6.07, 6.45) is 3.84. The fraction of sp³-hybridized carbons (Fsp3) is 0.235. The first-order valence-corrected chi connectivity index (χ1v) is 9.38. The average Bonchev–Trinajstić information content (AvgIpc) is 2.64. The highest BCUT2D eigenvalue weighted by molar-refractivity contribution is 7.98. The minimum absolute atomic E-state index is 0.0192. The van der Waals surface area contributed by atoms with Crippen molar-refractivity contribution < 1.29 is 14.2 Å². The Morgan fingerprint density at radius 2 is 2.15 bits per heavy atom. The second-order valence-corrected chi connectivity index (χ2v) is 6.47. The Bertz CT molecular complexity index is 929. The Kier molecular flexibility index (Phi) is 6.08. The van der Waals surface area contributed by atoms with E-state index < -0.39 is 5.82 Å². The first kappa shape index (κ1) is 18.6. The van der Waals surface area contributed by atoms with Gasteiger partial charge in [0.1, 0.15) is 22.7 Å². The van der Waals surface area contributed by atoms with Crippen LogP contribution >= 0.6 is 23.4 Å². The lowest BCUT2D eigenvalue weighted by atomic mass is 10.3. The van der Waals surface area contributed by atoms with Crippen molar-refractivity contribution in [3.63, 3.8) is 0 Å². The minimum atomic E-state index is -0.489. The number of anilines is 2. The monoisotopic (exact) mass is 394 g/mol. The summed E-state index contributed by atoms with van der Waals surface area (Å²) in [5, 5.41) is 12.7. The van der Waals surface area contributed by atoms with E-state index in [-0.39, 0.29) is 11.6 Å². The number of halogens is 2. The molecule has 0 unspecified atom stereocenters. The van der Waals surface area contributed by atoms with E-state index >= 15 is 0 Å². The number of nitrogens with one attached hydrogen (secondary N) is 1. The summed E-state index contributed by atoms with van der Waals surface area (Å²) in [7, 11) is 0. The molecule has 0 spiro atoms. The molecule has 3 aromatic rings. The van der Waals surface area contributed by atoms with Crippen molar-refractivity contribution in [3.05, 3.63) is 41.4 Å². The van der Waals surface area contributed by atoms with Gasteiger partial charge in [-0.1, -0.05) is 11.6 Å². The molecule has 0 radical (unpaired) electrons. The Morgan fingerprint density at radius 3 is 2.88 bits per heavy atom. The van der Waals surface area contributed by atoms with Gasteiger partial charge in [-0.3, -0.25) is 0 Å². The molecule has 0 saturated heterocycles.